The fraction of sp³-hybridized carbons (Fsp3) is 0.278. The Labute approximate surface area is 133 Å². The Balaban J connectivity index is 1.92. The van der Waals surface area contributed by atoms with E-state index in [2.05, 4.69) is 0 Å². The highest BCUT2D eigenvalue weighted by molar-refractivity contribution is 5.68. The van der Waals surface area contributed by atoms with Crippen LogP contribution in [0.15, 0.2) is 48.5 Å². The molecule has 2 fully saturated rings. The van der Waals surface area contributed by atoms with Crippen LogP contribution >= 0.6 is 0 Å². The second-order valence-electron chi connectivity index (χ2n) is 6.06. The number of ether oxygens (including phenoxy) is 2. The van der Waals surface area contributed by atoms with Crippen LogP contribution in [0.5, 0.6) is 11.5 Å². The van der Waals surface area contributed by atoms with E-state index in [9.17, 15) is 15.0 Å². The van der Waals surface area contributed by atoms with E-state index >= 15 is 0 Å². The molecular formula is C18H16O5. The van der Waals surface area contributed by atoms with E-state index in [-0.39, 0.29) is 11.5 Å². The Morgan fingerprint density at radius 1 is 0.783 bits per heavy atom. The predicted molar refractivity (Wildman–Crippen MR) is 81.1 cm³/mol. The predicted octanol–water partition coefficient (Wildman–Crippen LogP) is 3.43. The normalized spacial score (nSPS) is 20.6. The maximum atomic E-state index is 11.4. The van der Waals surface area contributed by atoms with Crippen LogP contribution in [0.25, 0.3) is 0 Å². The van der Waals surface area contributed by atoms with Gasteiger partial charge in [-0.25, -0.2) is 4.79 Å². The maximum absolute atomic E-state index is 11.4. The van der Waals surface area contributed by atoms with Crippen LogP contribution in [0.3, 0.4) is 0 Å². The van der Waals surface area contributed by atoms with Gasteiger partial charge in [-0.05, 0) is 48.2 Å². The first-order chi connectivity index (χ1) is 11.1. The SMILES string of the molecule is O=C1OC2(CCCC2(c2ccc(O)cc2)c2ccc(O)cc2)O1. The Morgan fingerprint density at radius 3 is 1.70 bits per heavy atom. The van der Waals surface area contributed by atoms with Crippen LogP contribution in [0.2, 0.25) is 0 Å². The first kappa shape index (κ1) is 13.9. The number of benzene rings is 2. The molecule has 2 aliphatic rings. The van der Waals surface area contributed by atoms with Gasteiger partial charge in [0.25, 0.3) is 5.79 Å². The van der Waals surface area contributed by atoms with Gasteiger partial charge in [0.15, 0.2) is 0 Å². The number of carbonyl (C=O) groups is 1. The monoisotopic (exact) mass is 312 g/mol. The second-order valence-corrected chi connectivity index (χ2v) is 6.06. The van der Waals surface area contributed by atoms with Crippen molar-refractivity contribution in [2.75, 3.05) is 0 Å². The van der Waals surface area contributed by atoms with E-state index in [1.807, 2.05) is 24.3 Å². The van der Waals surface area contributed by atoms with Gasteiger partial charge < -0.3 is 19.7 Å². The summed E-state index contributed by atoms with van der Waals surface area (Å²) < 4.78 is 11.0. The summed E-state index contributed by atoms with van der Waals surface area (Å²) in [6.45, 7) is 0. The third kappa shape index (κ3) is 1.82. The molecule has 118 valence electrons. The van der Waals surface area contributed by atoms with E-state index in [0.717, 1.165) is 24.0 Å². The van der Waals surface area contributed by atoms with E-state index < -0.39 is 17.4 Å². The van der Waals surface area contributed by atoms with Crippen LogP contribution < -0.4 is 0 Å². The molecule has 0 aromatic heterocycles. The van der Waals surface area contributed by atoms with Gasteiger partial charge in [-0.3, -0.25) is 0 Å². The number of carbonyl (C=O) groups excluding carboxylic acids is 1. The molecule has 0 amide bonds. The average Bonchev–Trinajstić information content (AvgIpc) is 2.89. The molecule has 5 heteroatoms. The number of hydrogen-bond donors (Lipinski definition) is 2. The number of rotatable bonds is 2. The molecule has 0 unspecified atom stereocenters. The first-order valence-corrected chi connectivity index (χ1v) is 7.57. The minimum Gasteiger partial charge on any atom is -0.508 e. The molecular weight excluding hydrogens is 296 g/mol. The molecule has 2 aromatic rings. The molecule has 1 spiro atoms. The number of phenolic OH excluding ortho intramolecular Hbond substituents is 2. The van der Waals surface area contributed by atoms with Crippen molar-refractivity contribution in [2.24, 2.45) is 0 Å². The van der Waals surface area contributed by atoms with Crippen LogP contribution in [-0.4, -0.2) is 22.2 Å². The lowest BCUT2D eigenvalue weighted by Crippen LogP contribution is -2.61. The van der Waals surface area contributed by atoms with E-state index in [0.29, 0.717) is 6.42 Å². The van der Waals surface area contributed by atoms with Gasteiger partial charge >= 0.3 is 6.16 Å². The maximum Gasteiger partial charge on any atom is 0.515 e. The van der Waals surface area contributed by atoms with E-state index in [1.54, 1.807) is 24.3 Å². The summed E-state index contributed by atoms with van der Waals surface area (Å²) in [7, 11) is 0. The molecule has 23 heavy (non-hydrogen) atoms. The third-order valence-corrected chi connectivity index (χ3v) is 4.92. The van der Waals surface area contributed by atoms with Crippen molar-refractivity contribution in [3.05, 3.63) is 59.7 Å². The molecule has 1 aliphatic carbocycles. The number of hydrogen-bond acceptors (Lipinski definition) is 5. The summed E-state index contributed by atoms with van der Waals surface area (Å²) in [4.78, 5) is 11.4. The highest BCUT2D eigenvalue weighted by Gasteiger charge is 2.68. The third-order valence-electron chi connectivity index (χ3n) is 4.92. The Bertz CT molecular complexity index is 694. The Morgan fingerprint density at radius 2 is 1.26 bits per heavy atom. The zero-order chi connectivity index (χ0) is 16.1. The van der Waals surface area contributed by atoms with Gasteiger partial charge in [-0.1, -0.05) is 24.3 Å². The topological polar surface area (TPSA) is 76.0 Å². The van der Waals surface area contributed by atoms with Gasteiger partial charge in [-0.2, -0.15) is 0 Å². The fourth-order valence-electron chi connectivity index (χ4n) is 3.93. The largest absolute Gasteiger partial charge is 0.515 e. The highest BCUT2D eigenvalue weighted by Crippen LogP contribution is 2.58. The molecule has 4 rings (SSSR count). The lowest BCUT2D eigenvalue weighted by molar-refractivity contribution is -0.290. The summed E-state index contributed by atoms with van der Waals surface area (Å²) >= 11 is 0. The van der Waals surface area contributed by atoms with Gasteiger partial charge in [0.2, 0.25) is 0 Å². The Kier molecular flexibility index (Phi) is 2.82. The van der Waals surface area contributed by atoms with Gasteiger partial charge in [-0.15, -0.1) is 0 Å². The smallest absolute Gasteiger partial charge is 0.508 e. The molecule has 1 saturated carbocycles. The fourth-order valence-corrected chi connectivity index (χ4v) is 3.93. The van der Waals surface area contributed by atoms with Gasteiger partial charge in [0.1, 0.15) is 11.5 Å². The van der Waals surface area contributed by atoms with Crippen LogP contribution in [0.1, 0.15) is 30.4 Å². The molecule has 5 nitrogen and oxygen atoms in total. The number of aromatic hydroxyl groups is 2. The molecule has 2 aromatic carbocycles. The summed E-state index contributed by atoms with van der Waals surface area (Å²) in [5.74, 6) is -0.667. The quantitative estimate of drug-likeness (QED) is 0.831. The second kappa shape index (κ2) is 4.65. The van der Waals surface area contributed by atoms with Crippen molar-refractivity contribution in [1.29, 1.82) is 0 Å². The van der Waals surface area contributed by atoms with Crippen LogP contribution in [0, 0.1) is 0 Å². The minimum absolute atomic E-state index is 0.174. The zero-order valence-corrected chi connectivity index (χ0v) is 12.4. The molecule has 2 N–H and O–H groups in total. The zero-order valence-electron chi connectivity index (χ0n) is 12.4. The lowest BCUT2D eigenvalue weighted by atomic mass is 9.69. The minimum atomic E-state index is -1.02. The highest BCUT2D eigenvalue weighted by atomic mass is 16.9. The summed E-state index contributed by atoms with van der Waals surface area (Å²) in [5.41, 5.74) is 1.17. The molecule has 1 saturated heterocycles. The Hall–Kier alpha value is -2.69. The van der Waals surface area contributed by atoms with E-state index in [4.69, 9.17) is 9.47 Å². The van der Waals surface area contributed by atoms with Crippen LogP contribution in [0.4, 0.5) is 4.79 Å². The standard InChI is InChI=1S/C18H16O5/c19-14-6-2-12(3-7-14)17(13-4-8-15(20)9-5-13)10-1-11-18(17)22-16(21)23-18/h2-9,19-20H,1,10-11H2. The van der Waals surface area contributed by atoms with Gasteiger partial charge in [0.05, 0.1) is 5.41 Å². The van der Waals surface area contributed by atoms with Crippen LogP contribution in [-0.2, 0) is 14.9 Å². The van der Waals surface area contributed by atoms with Crippen molar-refractivity contribution >= 4 is 6.16 Å². The van der Waals surface area contributed by atoms with Crippen molar-refractivity contribution in [3.8, 4) is 11.5 Å². The molecule has 0 bridgehead atoms. The van der Waals surface area contributed by atoms with E-state index in [1.165, 1.54) is 0 Å². The van der Waals surface area contributed by atoms with Crippen molar-refractivity contribution in [3.63, 3.8) is 0 Å². The molecule has 0 atom stereocenters. The molecule has 1 aliphatic heterocycles. The first-order valence-electron chi connectivity index (χ1n) is 7.57. The summed E-state index contributed by atoms with van der Waals surface area (Å²) in [6.07, 6.45) is 1.54. The van der Waals surface area contributed by atoms with Gasteiger partial charge in [0, 0.05) is 6.42 Å². The number of phenols is 2. The average molecular weight is 312 g/mol. The summed E-state index contributed by atoms with van der Waals surface area (Å²) in [5, 5.41) is 19.2. The summed E-state index contributed by atoms with van der Waals surface area (Å²) in [6, 6.07) is 13.8. The van der Waals surface area contributed by atoms with Crippen molar-refractivity contribution in [1.82, 2.24) is 0 Å². The lowest BCUT2D eigenvalue weighted by Gasteiger charge is -2.49. The molecule has 0 radical (unpaired) electrons. The van der Waals surface area contributed by atoms with Crippen molar-refractivity contribution in [2.45, 2.75) is 30.5 Å². The van der Waals surface area contributed by atoms with Crippen molar-refractivity contribution < 1.29 is 24.5 Å². The molecule has 1 heterocycles.